The molecule has 2 amide bonds. The summed E-state index contributed by atoms with van der Waals surface area (Å²) in [7, 11) is 1.39. The predicted octanol–water partition coefficient (Wildman–Crippen LogP) is 7.24. The number of hydrogen-bond acceptors (Lipinski definition) is 8. The Balaban J connectivity index is 1.52. The van der Waals surface area contributed by atoms with E-state index < -0.39 is 52.2 Å². The van der Waals surface area contributed by atoms with Gasteiger partial charge in [-0.2, -0.15) is 18.3 Å². The third-order valence-corrected chi connectivity index (χ3v) is 8.00. The Kier molecular flexibility index (Phi) is 7.40. The van der Waals surface area contributed by atoms with E-state index in [9.17, 15) is 31.5 Å². The lowest BCUT2D eigenvalue weighted by Gasteiger charge is -2.11. The first kappa shape index (κ1) is 30.0. The second-order valence-corrected chi connectivity index (χ2v) is 10.7. The quantitative estimate of drug-likeness (QED) is 0.172. The van der Waals surface area contributed by atoms with E-state index in [1.165, 1.54) is 37.6 Å². The Bertz CT molecular complexity index is 2130. The normalized spacial score (nSPS) is 11.9. The molecule has 5 heterocycles. The minimum absolute atomic E-state index is 0.0239. The number of furan rings is 1. The zero-order chi connectivity index (χ0) is 32.2. The Morgan fingerprint density at radius 1 is 1.13 bits per heavy atom. The first-order valence-electron chi connectivity index (χ1n) is 12.6. The third-order valence-electron chi connectivity index (χ3n) is 6.56. The van der Waals surface area contributed by atoms with Crippen LogP contribution in [-0.2, 0) is 6.18 Å². The van der Waals surface area contributed by atoms with Crippen LogP contribution in [0.4, 0.5) is 27.6 Å². The zero-order valence-corrected chi connectivity index (χ0v) is 24.0. The monoisotopic (exact) mass is 662 g/mol. The molecule has 0 aliphatic carbocycles. The van der Waals surface area contributed by atoms with Crippen LogP contribution in [0.1, 0.15) is 38.0 Å². The number of methoxy groups -OCH3 is 1. The van der Waals surface area contributed by atoms with Gasteiger partial charge in [-0.3, -0.25) is 9.59 Å². The fraction of sp³-hybridized carbons (Fsp3) is 0.107. The Labute approximate surface area is 257 Å². The number of hydrogen-bond donors (Lipinski definition) is 2. The number of nitrogens with two attached hydrogens (primary N) is 1. The lowest BCUT2D eigenvalue weighted by Crippen LogP contribution is -2.18. The highest BCUT2D eigenvalue weighted by Gasteiger charge is 2.37. The first-order valence-corrected chi connectivity index (χ1v) is 13.8. The van der Waals surface area contributed by atoms with E-state index in [0.29, 0.717) is 21.6 Å². The predicted molar refractivity (Wildman–Crippen MR) is 154 cm³/mol. The summed E-state index contributed by atoms with van der Waals surface area (Å²) >= 11 is 7.05. The van der Waals surface area contributed by atoms with Gasteiger partial charge in [-0.05, 0) is 36.4 Å². The molecule has 5 aromatic heterocycles. The SMILES string of the molecule is COc1cccc(-c2cc(C(F)(F)F)n3nc(C(=O)Nc4c(C(N)=O)sc5nc(C(F)F)cc(-c6ccco6)c45)c(Cl)c3n2)c1. The second kappa shape index (κ2) is 11.1. The number of ether oxygens (including phenoxy) is 1. The van der Waals surface area contributed by atoms with Crippen molar-refractivity contribution in [2.24, 2.45) is 5.73 Å². The van der Waals surface area contributed by atoms with Crippen LogP contribution in [0.3, 0.4) is 0 Å². The Morgan fingerprint density at radius 2 is 1.91 bits per heavy atom. The van der Waals surface area contributed by atoms with Gasteiger partial charge in [0.25, 0.3) is 18.2 Å². The van der Waals surface area contributed by atoms with Gasteiger partial charge >= 0.3 is 6.18 Å². The highest BCUT2D eigenvalue weighted by Crippen LogP contribution is 2.43. The maximum absolute atomic E-state index is 14.2. The van der Waals surface area contributed by atoms with Crippen molar-refractivity contribution in [3.05, 3.63) is 81.8 Å². The Morgan fingerprint density at radius 3 is 2.56 bits per heavy atom. The molecule has 0 saturated heterocycles. The molecule has 0 unspecified atom stereocenters. The summed E-state index contributed by atoms with van der Waals surface area (Å²) < 4.78 is 80.9. The smallest absolute Gasteiger partial charge is 0.433 e. The number of carbonyl (C=O) groups excluding carboxylic acids is 2. The molecule has 45 heavy (non-hydrogen) atoms. The fourth-order valence-corrected chi connectivity index (χ4v) is 5.85. The van der Waals surface area contributed by atoms with Crippen molar-refractivity contribution in [2.75, 3.05) is 12.4 Å². The molecule has 1 aromatic carbocycles. The zero-order valence-electron chi connectivity index (χ0n) is 22.4. The lowest BCUT2D eigenvalue weighted by molar-refractivity contribution is -0.142. The van der Waals surface area contributed by atoms with Crippen molar-refractivity contribution in [3.63, 3.8) is 0 Å². The molecule has 6 rings (SSSR count). The van der Waals surface area contributed by atoms with Crippen molar-refractivity contribution in [1.82, 2.24) is 19.6 Å². The molecule has 17 heteroatoms. The second-order valence-electron chi connectivity index (χ2n) is 9.33. The summed E-state index contributed by atoms with van der Waals surface area (Å²) in [5.74, 6) is -1.72. The van der Waals surface area contributed by atoms with Crippen molar-refractivity contribution < 1.29 is 40.7 Å². The summed E-state index contributed by atoms with van der Waals surface area (Å²) in [5, 5.41) is 5.72. The number of benzene rings is 1. The molecule has 6 aromatic rings. The van der Waals surface area contributed by atoms with Crippen molar-refractivity contribution in [3.8, 4) is 28.3 Å². The highest BCUT2D eigenvalue weighted by atomic mass is 35.5. The lowest BCUT2D eigenvalue weighted by atomic mass is 10.1. The van der Waals surface area contributed by atoms with Crippen LogP contribution in [0, 0.1) is 0 Å². The number of nitrogens with one attached hydrogen (secondary N) is 1. The van der Waals surface area contributed by atoms with Crippen LogP contribution in [0.5, 0.6) is 5.75 Å². The van der Waals surface area contributed by atoms with E-state index in [2.05, 4.69) is 20.4 Å². The number of fused-ring (bicyclic) bond motifs is 2. The van der Waals surface area contributed by atoms with E-state index in [0.717, 1.165) is 12.1 Å². The van der Waals surface area contributed by atoms with Gasteiger partial charge in [0.15, 0.2) is 17.0 Å². The average molecular weight is 663 g/mol. The van der Waals surface area contributed by atoms with E-state index in [4.69, 9.17) is 26.5 Å². The summed E-state index contributed by atoms with van der Waals surface area (Å²) in [6.07, 6.45) is -6.66. The van der Waals surface area contributed by atoms with Crippen molar-refractivity contribution in [1.29, 1.82) is 0 Å². The number of thiophene rings is 1. The number of halogens is 6. The van der Waals surface area contributed by atoms with E-state index in [1.54, 1.807) is 12.1 Å². The Hall–Kier alpha value is -5.09. The molecule has 0 aliphatic rings. The number of pyridine rings is 1. The van der Waals surface area contributed by atoms with Gasteiger partial charge in [-0.25, -0.2) is 23.3 Å². The largest absolute Gasteiger partial charge is 0.497 e. The minimum atomic E-state index is -4.95. The van der Waals surface area contributed by atoms with Gasteiger partial charge in [-0.1, -0.05) is 23.7 Å². The molecule has 10 nitrogen and oxygen atoms in total. The number of nitrogens with zero attached hydrogens (tertiary/aromatic N) is 4. The van der Waals surface area contributed by atoms with Crippen LogP contribution in [0.15, 0.2) is 59.2 Å². The molecule has 0 saturated carbocycles. The molecular weight excluding hydrogens is 647 g/mol. The maximum Gasteiger partial charge on any atom is 0.433 e. The number of rotatable bonds is 7. The molecule has 0 bridgehead atoms. The topological polar surface area (TPSA) is 138 Å². The van der Waals surface area contributed by atoms with Crippen LogP contribution in [-0.4, -0.2) is 38.5 Å². The molecule has 0 spiro atoms. The molecule has 230 valence electrons. The maximum atomic E-state index is 14.2. The molecule has 0 atom stereocenters. The van der Waals surface area contributed by atoms with Crippen molar-refractivity contribution >= 4 is 56.3 Å². The highest BCUT2D eigenvalue weighted by molar-refractivity contribution is 7.21. The fourth-order valence-electron chi connectivity index (χ4n) is 4.59. The van der Waals surface area contributed by atoms with E-state index in [-0.39, 0.29) is 43.4 Å². The third kappa shape index (κ3) is 5.31. The molecular formula is C28H16ClF5N6O4S. The molecule has 0 fully saturated rings. The number of primary amides is 1. The van der Waals surface area contributed by atoms with Gasteiger partial charge in [0.05, 0.1) is 24.8 Å². The van der Waals surface area contributed by atoms with Crippen LogP contribution in [0.2, 0.25) is 5.02 Å². The van der Waals surface area contributed by atoms with Crippen molar-refractivity contribution in [2.45, 2.75) is 12.6 Å². The first-order chi connectivity index (χ1) is 21.4. The van der Waals surface area contributed by atoms with E-state index in [1.807, 2.05) is 0 Å². The molecule has 0 radical (unpaired) electrons. The van der Waals surface area contributed by atoms with Crippen LogP contribution < -0.4 is 15.8 Å². The molecule has 3 N–H and O–H groups in total. The summed E-state index contributed by atoms with van der Waals surface area (Å²) in [6.45, 7) is 0. The summed E-state index contributed by atoms with van der Waals surface area (Å²) in [4.78, 5) is 33.8. The van der Waals surface area contributed by atoms with Gasteiger partial charge in [0.2, 0.25) is 0 Å². The number of amides is 2. The van der Waals surface area contributed by atoms with Gasteiger partial charge in [-0.15, -0.1) is 11.3 Å². The number of carbonyl (C=O) groups is 2. The summed E-state index contributed by atoms with van der Waals surface area (Å²) in [5.41, 5.74) is 2.39. The number of aromatic nitrogens is 4. The summed E-state index contributed by atoms with van der Waals surface area (Å²) in [6, 6.07) is 10.8. The average Bonchev–Trinajstić information content (AvgIpc) is 3.74. The standard InChI is InChI=1S/C28H16ClF5N6O4S/c1-43-12-5-2-4-11(8-12)14-10-17(28(32,33)34)40-25(36-14)19(29)21(39-40)26(42)38-20-18-13(16-6-3-7-44-16)9-15(23(30)31)37-27(18)45-22(20)24(35)41/h2-10,23H,1H3,(H2,35,41)(H,38,42). The minimum Gasteiger partial charge on any atom is -0.497 e. The van der Waals surface area contributed by atoms with E-state index >= 15 is 0 Å². The number of anilines is 1. The molecule has 0 aliphatic heterocycles. The van der Waals surface area contributed by atoms with Gasteiger partial charge in [0.1, 0.15) is 31.9 Å². The number of alkyl halides is 5. The van der Waals surface area contributed by atoms with Gasteiger partial charge in [0, 0.05) is 16.5 Å². The van der Waals surface area contributed by atoms with Gasteiger partial charge < -0.3 is 20.2 Å². The van der Waals surface area contributed by atoms with Crippen LogP contribution in [0.25, 0.3) is 38.4 Å². The van der Waals surface area contributed by atoms with Crippen LogP contribution >= 0.6 is 22.9 Å².